The van der Waals surface area contributed by atoms with Crippen molar-refractivity contribution < 1.29 is 9.53 Å². The molecule has 0 aromatic heterocycles. The first-order valence-corrected chi connectivity index (χ1v) is 9.61. The van der Waals surface area contributed by atoms with E-state index in [4.69, 9.17) is 16.3 Å². The van der Waals surface area contributed by atoms with Crippen molar-refractivity contribution in [1.82, 2.24) is 20.4 Å². The Morgan fingerprint density at radius 3 is 2.64 bits per heavy atom. The van der Waals surface area contributed by atoms with Crippen LogP contribution < -0.4 is 10.6 Å². The topological polar surface area (TPSA) is 69.2 Å². The molecule has 1 fully saturated rings. The molecule has 0 saturated carbocycles. The molecule has 1 aromatic rings. The Kier molecular flexibility index (Phi) is 11.7. The van der Waals surface area contributed by atoms with Crippen LogP contribution in [0.2, 0.25) is 5.02 Å². The first-order valence-electron chi connectivity index (χ1n) is 9.23. The fourth-order valence-corrected chi connectivity index (χ4v) is 2.74. The van der Waals surface area contributed by atoms with Crippen LogP contribution in [0.5, 0.6) is 0 Å². The zero-order valence-corrected chi connectivity index (χ0v) is 19.9. The molecule has 0 bridgehead atoms. The third-order valence-corrected chi connectivity index (χ3v) is 4.80. The van der Waals surface area contributed by atoms with Crippen molar-refractivity contribution in [2.75, 3.05) is 60.0 Å². The molecule has 2 N–H and O–H groups in total. The van der Waals surface area contributed by atoms with E-state index in [0.717, 1.165) is 55.5 Å². The van der Waals surface area contributed by atoms with E-state index in [2.05, 4.69) is 20.5 Å². The van der Waals surface area contributed by atoms with Crippen LogP contribution in [0.3, 0.4) is 0 Å². The van der Waals surface area contributed by atoms with Gasteiger partial charge in [-0.05, 0) is 24.1 Å². The highest BCUT2D eigenvalue weighted by molar-refractivity contribution is 14.0. The van der Waals surface area contributed by atoms with Gasteiger partial charge in [0.25, 0.3) is 0 Å². The zero-order chi connectivity index (χ0) is 19.6. The van der Waals surface area contributed by atoms with Gasteiger partial charge in [-0.3, -0.25) is 9.69 Å². The van der Waals surface area contributed by atoms with Gasteiger partial charge in [0.15, 0.2) is 5.96 Å². The van der Waals surface area contributed by atoms with Crippen molar-refractivity contribution in [2.24, 2.45) is 4.99 Å². The average molecular weight is 524 g/mol. The SMILES string of the molecule is Cc1cc(CN=C(NCCN2CCOCC2)NCC(=O)N(C)C)ccc1Cl.I. The van der Waals surface area contributed by atoms with Crippen molar-refractivity contribution in [1.29, 1.82) is 0 Å². The summed E-state index contributed by atoms with van der Waals surface area (Å²) in [6.45, 7) is 7.82. The summed E-state index contributed by atoms with van der Waals surface area (Å²) in [4.78, 5) is 20.4. The molecule has 1 saturated heterocycles. The van der Waals surface area contributed by atoms with Gasteiger partial charge in [0.2, 0.25) is 5.91 Å². The normalized spacial score (nSPS) is 14.9. The smallest absolute Gasteiger partial charge is 0.241 e. The number of likely N-dealkylation sites (N-methyl/N-ethyl adjacent to an activating group) is 1. The predicted molar refractivity (Wildman–Crippen MR) is 125 cm³/mol. The van der Waals surface area contributed by atoms with Crippen LogP contribution in [-0.2, 0) is 16.1 Å². The molecule has 1 aliphatic rings. The molecule has 0 unspecified atom stereocenters. The second-order valence-corrected chi connectivity index (χ2v) is 7.18. The number of rotatable bonds is 7. The van der Waals surface area contributed by atoms with Crippen LogP contribution in [-0.4, -0.2) is 81.7 Å². The van der Waals surface area contributed by atoms with E-state index in [1.54, 1.807) is 19.0 Å². The van der Waals surface area contributed by atoms with Crippen LogP contribution >= 0.6 is 35.6 Å². The number of morpholine rings is 1. The van der Waals surface area contributed by atoms with E-state index in [0.29, 0.717) is 12.5 Å². The molecule has 1 amide bonds. The summed E-state index contributed by atoms with van der Waals surface area (Å²) in [6.07, 6.45) is 0. The highest BCUT2D eigenvalue weighted by atomic mass is 127. The number of aryl methyl sites for hydroxylation is 1. The maximum Gasteiger partial charge on any atom is 0.241 e. The van der Waals surface area contributed by atoms with E-state index in [1.165, 1.54) is 0 Å². The number of hydrogen-bond donors (Lipinski definition) is 2. The van der Waals surface area contributed by atoms with Gasteiger partial charge >= 0.3 is 0 Å². The highest BCUT2D eigenvalue weighted by Gasteiger charge is 2.10. The molecule has 0 atom stereocenters. The lowest BCUT2D eigenvalue weighted by Gasteiger charge is -2.26. The van der Waals surface area contributed by atoms with Crippen molar-refractivity contribution in [3.05, 3.63) is 34.3 Å². The van der Waals surface area contributed by atoms with Gasteiger partial charge in [-0.15, -0.1) is 24.0 Å². The number of carbonyl (C=O) groups is 1. The molecular formula is C19H31ClIN5O2. The molecule has 0 spiro atoms. The van der Waals surface area contributed by atoms with E-state index in [-0.39, 0.29) is 36.4 Å². The summed E-state index contributed by atoms with van der Waals surface area (Å²) in [5, 5.41) is 7.18. The Bertz CT molecular complexity index is 651. The zero-order valence-electron chi connectivity index (χ0n) is 16.8. The number of halogens is 2. The number of carbonyl (C=O) groups excluding carboxylic acids is 1. The van der Waals surface area contributed by atoms with Crippen molar-refractivity contribution >= 4 is 47.4 Å². The number of benzene rings is 1. The van der Waals surface area contributed by atoms with Gasteiger partial charge in [-0.1, -0.05) is 23.7 Å². The molecule has 1 aliphatic heterocycles. The lowest BCUT2D eigenvalue weighted by molar-refractivity contribution is -0.127. The Hall–Kier alpha value is -1.10. The fraction of sp³-hybridized carbons (Fsp3) is 0.579. The molecule has 9 heteroatoms. The lowest BCUT2D eigenvalue weighted by atomic mass is 10.1. The van der Waals surface area contributed by atoms with Gasteiger partial charge in [0.1, 0.15) is 0 Å². The summed E-state index contributed by atoms with van der Waals surface area (Å²) in [5.74, 6) is 0.631. The Morgan fingerprint density at radius 2 is 2.00 bits per heavy atom. The average Bonchev–Trinajstić information content (AvgIpc) is 2.66. The largest absolute Gasteiger partial charge is 0.379 e. The minimum absolute atomic E-state index is 0. The maximum absolute atomic E-state index is 11.9. The van der Waals surface area contributed by atoms with E-state index in [1.807, 2.05) is 25.1 Å². The molecule has 158 valence electrons. The second kappa shape index (κ2) is 13.2. The molecule has 7 nitrogen and oxygen atoms in total. The Morgan fingerprint density at radius 1 is 1.29 bits per heavy atom. The minimum atomic E-state index is 0. The Labute approximate surface area is 189 Å². The highest BCUT2D eigenvalue weighted by Crippen LogP contribution is 2.16. The molecule has 1 aromatic carbocycles. The minimum Gasteiger partial charge on any atom is -0.379 e. The van der Waals surface area contributed by atoms with Gasteiger partial charge < -0.3 is 20.3 Å². The van der Waals surface area contributed by atoms with E-state index >= 15 is 0 Å². The summed E-state index contributed by atoms with van der Waals surface area (Å²) in [5.41, 5.74) is 2.10. The van der Waals surface area contributed by atoms with Crippen LogP contribution in [0.4, 0.5) is 0 Å². The van der Waals surface area contributed by atoms with Gasteiger partial charge in [0.05, 0.1) is 26.3 Å². The van der Waals surface area contributed by atoms with Crippen molar-refractivity contribution in [3.8, 4) is 0 Å². The van der Waals surface area contributed by atoms with Gasteiger partial charge in [0, 0.05) is 45.3 Å². The number of guanidine groups is 1. The molecule has 28 heavy (non-hydrogen) atoms. The fourth-order valence-electron chi connectivity index (χ4n) is 2.62. The molecule has 2 rings (SSSR count). The number of nitrogens with one attached hydrogen (secondary N) is 2. The van der Waals surface area contributed by atoms with Crippen LogP contribution in [0.25, 0.3) is 0 Å². The first kappa shape index (κ1) is 24.9. The molecule has 0 radical (unpaired) electrons. The number of aliphatic imine (C=N–C) groups is 1. The monoisotopic (exact) mass is 523 g/mol. The van der Waals surface area contributed by atoms with Crippen LogP contribution in [0.15, 0.2) is 23.2 Å². The molecule has 1 heterocycles. The molecule has 0 aliphatic carbocycles. The third kappa shape index (κ3) is 8.93. The number of nitrogens with zero attached hydrogens (tertiary/aromatic N) is 3. The third-order valence-electron chi connectivity index (χ3n) is 4.37. The number of amides is 1. The van der Waals surface area contributed by atoms with E-state index < -0.39 is 0 Å². The molecular weight excluding hydrogens is 493 g/mol. The van der Waals surface area contributed by atoms with Crippen LogP contribution in [0, 0.1) is 6.92 Å². The second-order valence-electron chi connectivity index (χ2n) is 6.77. The van der Waals surface area contributed by atoms with Crippen molar-refractivity contribution in [3.63, 3.8) is 0 Å². The standard InChI is InChI=1S/C19H30ClN5O2.HI/c1-15-12-16(4-5-17(15)20)13-22-19(23-14-18(26)24(2)3)21-6-7-25-8-10-27-11-9-25;/h4-5,12H,6-11,13-14H2,1-3H3,(H2,21,22,23);1H. The lowest BCUT2D eigenvalue weighted by Crippen LogP contribution is -2.46. The van der Waals surface area contributed by atoms with Crippen molar-refractivity contribution in [2.45, 2.75) is 13.5 Å². The summed E-state index contributed by atoms with van der Waals surface area (Å²) < 4.78 is 5.37. The first-order chi connectivity index (χ1) is 13.0. The van der Waals surface area contributed by atoms with E-state index in [9.17, 15) is 4.79 Å². The predicted octanol–water partition coefficient (Wildman–Crippen LogP) is 1.72. The van der Waals surface area contributed by atoms with Gasteiger partial charge in [-0.25, -0.2) is 4.99 Å². The summed E-state index contributed by atoms with van der Waals surface area (Å²) >= 11 is 6.08. The Balaban J connectivity index is 0.00000392. The summed E-state index contributed by atoms with van der Waals surface area (Å²) in [7, 11) is 3.48. The van der Waals surface area contributed by atoms with Gasteiger partial charge in [-0.2, -0.15) is 0 Å². The number of ether oxygens (including phenoxy) is 1. The summed E-state index contributed by atoms with van der Waals surface area (Å²) in [6, 6.07) is 5.88. The van der Waals surface area contributed by atoms with Crippen LogP contribution in [0.1, 0.15) is 11.1 Å². The maximum atomic E-state index is 11.9. The quantitative estimate of drug-likeness (QED) is 0.324. The number of hydrogen-bond acceptors (Lipinski definition) is 4.